The van der Waals surface area contributed by atoms with E-state index in [0.717, 1.165) is 23.7 Å². The molecule has 0 unspecified atom stereocenters. The Hall–Kier alpha value is -2.13. The highest BCUT2D eigenvalue weighted by molar-refractivity contribution is 8.23. The zero-order valence-corrected chi connectivity index (χ0v) is 20.9. The maximum absolute atomic E-state index is 12.9. The first-order chi connectivity index (χ1) is 15.7. The number of rotatable bonds is 4. The van der Waals surface area contributed by atoms with E-state index in [9.17, 15) is 14.4 Å². The molecule has 1 atom stereocenters. The second-order valence-corrected chi connectivity index (χ2v) is 10.5. The highest BCUT2D eigenvalue weighted by atomic mass is 35.5. The van der Waals surface area contributed by atoms with Gasteiger partial charge < -0.3 is 9.80 Å². The van der Waals surface area contributed by atoms with E-state index in [0.29, 0.717) is 33.7 Å². The van der Waals surface area contributed by atoms with Gasteiger partial charge in [0.25, 0.3) is 0 Å². The number of anilines is 2. The third-order valence-electron chi connectivity index (χ3n) is 5.69. The molecule has 2 saturated heterocycles. The standard InChI is InChI=1S/C23H21Cl2N3O3S2/c1-14(29)15-2-4-16(5-3-15)26-8-10-27(11-9-26)23(32)33-20-13-21(30)28(22(20)31)17-6-7-18(24)19(25)12-17/h2-7,12,20H,8-11,13H2,1H3/t20-/m0/s1. The first-order valence-corrected chi connectivity index (χ1v) is 12.4. The van der Waals surface area contributed by atoms with Gasteiger partial charge in [-0.3, -0.25) is 14.4 Å². The molecular weight excluding hydrogens is 501 g/mol. The van der Waals surface area contributed by atoms with Gasteiger partial charge in [-0.15, -0.1) is 0 Å². The molecule has 2 aliphatic rings. The van der Waals surface area contributed by atoms with Crippen molar-refractivity contribution in [1.29, 1.82) is 0 Å². The molecule has 2 aromatic rings. The number of carbonyl (C=O) groups is 3. The van der Waals surface area contributed by atoms with E-state index in [1.54, 1.807) is 19.1 Å². The van der Waals surface area contributed by atoms with Gasteiger partial charge in [-0.05, 0) is 49.4 Å². The Bertz CT molecular complexity index is 1120. The molecule has 2 aromatic carbocycles. The van der Waals surface area contributed by atoms with Gasteiger partial charge in [-0.2, -0.15) is 0 Å². The van der Waals surface area contributed by atoms with Gasteiger partial charge >= 0.3 is 0 Å². The number of piperazine rings is 1. The van der Waals surface area contributed by atoms with Crippen LogP contribution in [0.3, 0.4) is 0 Å². The number of hydrogen-bond donors (Lipinski definition) is 0. The molecule has 2 fully saturated rings. The fraction of sp³-hybridized carbons (Fsp3) is 0.304. The molecule has 0 spiro atoms. The van der Waals surface area contributed by atoms with Crippen LogP contribution in [0.2, 0.25) is 10.0 Å². The summed E-state index contributed by atoms with van der Waals surface area (Å²) < 4.78 is 0.615. The largest absolute Gasteiger partial charge is 0.368 e. The Morgan fingerprint density at radius 1 is 0.970 bits per heavy atom. The lowest BCUT2D eigenvalue weighted by atomic mass is 10.1. The summed E-state index contributed by atoms with van der Waals surface area (Å²) in [6, 6.07) is 12.3. The van der Waals surface area contributed by atoms with E-state index in [4.69, 9.17) is 35.4 Å². The van der Waals surface area contributed by atoms with E-state index in [1.165, 1.54) is 17.8 Å². The van der Waals surface area contributed by atoms with E-state index in [-0.39, 0.29) is 29.0 Å². The molecule has 172 valence electrons. The molecule has 0 aliphatic carbocycles. The summed E-state index contributed by atoms with van der Waals surface area (Å²) in [5.41, 5.74) is 2.17. The number of amides is 2. The first kappa shape index (κ1) is 24.0. The van der Waals surface area contributed by atoms with Gasteiger partial charge in [0.05, 0.1) is 15.7 Å². The maximum atomic E-state index is 12.9. The Labute approximate surface area is 211 Å². The van der Waals surface area contributed by atoms with Gasteiger partial charge in [0, 0.05) is 43.9 Å². The lowest BCUT2D eigenvalue weighted by molar-refractivity contribution is -0.121. The minimum Gasteiger partial charge on any atom is -0.368 e. The van der Waals surface area contributed by atoms with Crippen molar-refractivity contribution in [3.8, 4) is 0 Å². The lowest BCUT2D eigenvalue weighted by Gasteiger charge is -2.37. The predicted molar refractivity (Wildman–Crippen MR) is 138 cm³/mol. The van der Waals surface area contributed by atoms with Crippen LogP contribution in [0.1, 0.15) is 23.7 Å². The molecular formula is C23H21Cl2N3O3S2. The van der Waals surface area contributed by atoms with Crippen molar-refractivity contribution >= 4 is 80.5 Å². The fourth-order valence-corrected chi connectivity index (χ4v) is 5.67. The smallest absolute Gasteiger partial charge is 0.247 e. The summed E-state index contributed by atoms with van der Waals surface area (Å²) in [5.74, 6) is -0.529. The number of nitrogens with zero attached hydrogens (tertiary/aromatic N) is 3. The molecule has 0 bridgehead atoms. The van der Waals surface area contributed by atoms with Crippen LogP contribution in [0.25, 0.3) is 0 Å². The monoisotopic (exact) mass is 521 g/mol. The van der Waals surface area contributed by atoms with Crippen molar-refractivity contribution in [3.05, 3.63) is 58.1 Å². The number of hydrogen-bond acceptors (Lipinski definition) is 6. The molecule has 2 aliphatic heterocycles. The maximum Gasteiger partial charge on any atom is 0.247 e. The fourth-order valence-electron chi connectivity index (χ4n) is 3.84. The summed E-state index contributed by atoms with van der Waals surface area (Å²) in [7, 11) is 0. The number of Topliss-reactive ketones (excluding diaryl/α,β-unsaturated/α-hetero) is 1. The van der Waals surface area contributed by atoms with Crippen LogP contribution in [0.5, 0.6) is 0 Å². The molecule has 0 aromatic heterocycles. The summed E-state index contributed by atoms with van der Waals surface area (Å²) in [4.78, 5) is 42.4. The molecule has 0 radical (unpaired) electrons. The highest BCUT2D eigenvalue weighted by Crippen LogP contribution is 2.34. The van der Waals surface area contributed by atoms with Gasteiger partial charge in [0.2, 0.25) is 11.8 Å². The van der Waals surface area contributed by atoms with Gasteiger partial charge in [-0.1, -0.05) is 47.2 Å². The Kier molecular flexibility index (Phi) is 7.28. The number of ketones is 1. The molecule has 0 N–H and O–H groups in total. The van der Waals surface area contributed by atoms with Crippen molar-refractivity contribution < 1.29 is 14.4 Å². The van der Waals surface area contributed by atoms with E-state index < -0.39 is 5.25 Å². The number of benzene rings is 2. The van der Waals surface area contributed by atoms with Crippen LogP contribution in [0.4, 0.5) is 11.4 Å². The van der Waals surface area contributed by atoms with Crippen molar-refractivity contribution in [2.45, 2.75) is 18.6 Å². The molecule has 6 nitrogen and oxygen atoms in total. The third kappa shape index (κ3) is 5.19. The topological polar surface area (TPSA) is 60.9 Å². The quantitative estimate of drug-likeness (QED) is 0.329. The van der Waals surface area contributed by atoms with Crippen LogP contribution in [0, 0.1) is 0 Å². The van der Waals surface area contributed by atoms with Crippen molar-refractivity contribution in [2.75, 3.05) is 36.0 Å². The van der Waals surface area contributed by atoms with E-state index in [1.807, 2.05) is 24.3 Å². The summed E-state index contributed by atoms with van der Waals surface area (Å²) in [6.45, 7) is 4.52. The van der Waals surface area contributed by atoms with Crippen molar-refractivity contribution in [1.82, 2.24) is 4.90 Å². The zero-order valence-electron chi connectivity index (χ0n) is 17.8. The summed E-state index contributed by atoms with van der Waals surface area (Å²) >= 11 is 18.9. The molecule has 2 heterocycles. The van der Waals surface area contributed by atoms with Gasteiger partial charge in [-0.25, -0.2) is 4.90 Å². The van der Waals surface area contributed by atoms with Crippen molar-refractivity contribution in [2.24, 2.45) is 0 Å². The van der Waals surface area contributed by atoms with E-state index >= 15 is 0 Å². The predicted octanol–water partition coefficient (Wildman–Crippen LogP) is 4.67. The van der Waals surface area contributed by atoms with Crippen LogP contribution in [0.15, 0.2) is 42.5 Å². The second kappa shape index (κ2) is 10.0. The molecule has 2 amide bonds. The van der Waals surface area contributed by atoms with Crippen LogP contribution in [-0.2, 0) is 9.59 Å². The molecule has 33 heavy (non-hydrogen) atoms. The lowest BCUT2D eigenvalue weighted by Crippen LogP contribution is -2.48. The zero-order chi connectivity index (χ0) is 23.7. The van der Waals surface area contributed by atoms with Crippen LogP contribution < -0.4 is 9.80 Å². The normalized spacial score (nSPS) is 18.8. The Morgan fingerprint density at radius 3 is 2.21 bits per heavy atom. The number of thiocarbonyl (C=S) groups is 1. The number of halogens is 2. The highest BCUT2D eigenvalue weighted by Gasteiger charge is 2.41. The SMILES string of the molecule is CC(=O)c1ccc(N2CCN(C(=S)S[C@H]3CC(=O)N(c4ccc(Cl)c(Cl)c4)C3=O)CC2)cc1. The number of thioether (sulfide) groups is 1. The Morgan fingerprint density at radius 2 is 1.61 bits per heavy atom. The van der Waals surface area contributed by atoms with Gasteiger partial charge in [0.15, 0.2) is 5.78 Å². The minimum absolute atomic E-state index is 0.0476. The van der Waals surface area contributed by atoms with Crippen molar-refractivity contribution in [3.63, 3.8) is 0 Å². The second-order valence-electron chi connectivity index (χ2n) is 7.82. The average Bonchev–Trinajstić information content (AvgIpc) is 3.08. The number of imide groups is 1. The van der Waals surface area contributed by atoms with E-state index in [2.05, 4.69) is 9.80 Å². The van der Waals surface area contributed by atoms with Crippen LogP contribution in [-0.4, -0.2) is 58.2 Å². The van der Waals surface area contributed by atoms with Crippen LogP contribution >= 0.6 is 47.2 Å². The molecule has 10 heteroatoms. The van der Waals surface area contributed by atoms with Gasteiger partial charge in [0.1, 0.15) is 9.57 Å². The summed E-state index contributed by atoms with van der Waals surface area (Å²) in [5, 5.41) is 0.0901. The molecule has 0 saturated carbocycles. The minimum atomic E-state index is -0.559. The summed E-state index contributed by atoms with van der Waals surface area (Å²) in [6.07, 6.45) is 0.0896. The number of carbonyl (C=O) groups excluding carboxylic acids is 3. The third-order valence-corrected chi connectivity index (χ3v) is 8.09. The first-order valence-electron chi connectivity index (χ1n) is 10.4. The average molecular weight is 522 g/mol. The Balaban J connectivity index is 1.34. The molecule has 4 rings (SSSR count).